The molecule has 0 unspecified atom stereocenters. The molecule has 130 valence electrons. The van der Waals surface area contributed by atoms with E-state index in [0.717, 1.165) is 24.2 Å². The van der Waals surface area contributed by atoms with Gasteiger partial charge in [0.2, 0.25) is 11.8 Å². The smallest absolute Gasteiger partial charge is 0.227 e. The van der Waals surface area contributed by atoms with E-state index >= 15 is 0 Å². The summed E-state index contributed by atoms with van der Waals surface area (Å²) >= 11 is 0. The summed E-state index contributed by atoms with van der Waals surface area (Å²) in [6, 6.07) is 14.1. The predicted molar refractivity (Wildman–Crippen MR) is 94.8 cm³/mol. The number of carbonyl (C=O) groups is 2. The van der Waals surface area contributed by atoms with Gasteiger partial charge in [0.05, 0.1) is 6.42 Å². The van der Waals surface area contributed by atoms with Crippen molar-refractivity contribution in [3.8, 4) is 0 Å². The second kappa shape index (κ2) is 7.92. The van der Waals surface area contributed by atoms with Crippen molar-refractivity contribution >= 4 is 17.5 Å². The predicted octanol–water partition coefficient (Wildman–Crippen LogP) is 2.85. The lowest BCUT2D eigenvalue weighted by molar-refractivity contribution is -0.120. The van der Waals surface area contributed by atoms with Gasteiger partial charge >= 0.3 is 0 Å². The fourth-order valence-corrected chi connectivity index (χ4v) is 3.00. The molecule has 3 rings (SSSR count). The zero-order valence-electron chi connectivity index (χ0n) is 14.0. The number of amides is 2. The van der Waals surface area contributed by atoms with Gasteiger partial charge in [-0.3, -0.25) is 9.59 Å². The standard InChI is InChI=1S/C20H21FN2O2/c21-18-5-2-1-4-16(18)11-12-22-19(24)14-15-7-9-17(10-8-15)23-13-3-6-20(23)25/h1-2,4-5,7-10H,3,6,11-14H2,(H,22,24). The van der Waals surface area contributed by atoms with Gasteiger partial charge in [-0.2, -0.15) is 0 Å². The Bertz CT molecular complexity index is 759. The highest BCUT2D eigenvalue weighted by molar-refractivity contribution is 5.95. The van der Waals surface area contributed by atoms with Gasteiger partial charge < -0.3 is 10.2 Å². The van der Waals surface area contributed by atoms with Gasteiger partial charge in [0.25, 0.3) is 0 Å². The molecule has 0 aromatic heterocycles. The highest BCUT2D eigenvalue weighted by Crippen LogP contribution is 2.21. The SMILES string of the molecule is O=C(Cc1ccc(N2CCCC2=O)cc1)NCCc1ccccc1F. The topological polar surface area (TPSA) is 49.4 Å². The molecule has 2 amide bonds. The first-order valence-electron chi connectivity index (χ1n) is 8.53. The van der Waals surface area contributed by atoms with Gasteiger partial charge in [-0.1, -0.05) is 30.3 Å². The molecular formula is C20H21FN2O2. The lowest BCUT2D eigenvalue weighted by Crippen LogP contribution is -2.27. The number of nitrogens with zero attached hydrogens (tertiary/aromatic N) is 1. The molecule has 2 aromatic carbocycles. The summed E-state index contributed by atoms with van der Waals surface area (Å²) in [6.07, 6.45) is 2.23. The summed E-state index contributed by atoms with van der Waals surface area (Å²) in [5.41, 5.74) is 2.37. The van der Waals surface area contributed by atoms with Crippen LogP contribution in [0.1, 0.15) is 24.0 Å². The van der Waals surface area contributed by atoms with E-state index in [9.17, 15) is 14.0 Å². The van der Waals surface area contributed by atoms with E-state index in [1.807, 2.05) is 24.3 Å². The Kier molecular flexibility index (Phi) is 5.43. The van der Waals surface area contributed by atoms with Crippen molar-refractivity contribution in [1.82, 2.24) is 5.32 Å². The third-order valence-electron chi connectivity index (χ3n) is 4.36. The molecule has 4 nitrogen and oxygen atoms in total. The minimum Gasteiger partial charge on any atom is -0.355 e. The van der Waals surface area contributed by atoms with Crippen molar-refractivity contribution in [1.29, 1.82) is 0 Å². The van der Waals surface area contributed by atoms with Crippen LogP contribution in [0.3, 0.4) is 0 Å². The summed E-state index contributed by atoms with van der Waals surface area (Å²) in [7, 11) is 0. The fourth-order valence-electron chi connectivity index (χ4n) is 3.00. The summed E-state index contributed by atoms with van der Waals surface area (Å²) in [6.45, 7) is 1.16. The molecule has 1 heterocycles. The number of halogens is 1. The summed E-state index contributed by atoms with van der Waals surface area (Å²) < 4.78 is 13.5. The minimum atomic E-state index is -0.246. The molecule has 1 N–H and O–H groups in total. The maximum Gasteiger partial charge on any atom is 0.227 e. The van der Waals surface area contributed by atoms with E-state index < -0.39 is 0 Å². The molecule has 1 saturated heterocycles. The van der Waals surface area contributed by atoms with Crippen LogP contribution in [0.5, 0.6) is 0 Å². The largest absolute Gasteiger partial charge is 0.355 e. The molecule has 1 aliphatic heterocycles. The molecule has 1 fully saturated rings. The molecule has 5 heteroatoms. The van der Waals surface area contributed by atoms with E-state index in [-0.39, 0.29) is 24.1 Å². The van der Waals surface area contributed by atoms with Gasteiger partial charge in [-0.05, 0) is 42.2 Å². The Morgan fingerprint density at radius 2 is 1.88 bits per heavy atom. The Balaban J connectivity index is 1.48. The Morgan fingerprint density at radius 3 is 2.56 bits per heavy atom. The number of carbonyl (C=O) groups excluding carboxylic acids is 2. The van der Waals surface area contributed by atoms with Crippen LogP contribution in [0.25, 0.3) is 0 Å². The highest BCUT2D eigenvalue weighted by atomic mass is 19.1. The van der Waals surface area contributed by atoms with E-state index in [1.54, 1.807) is 23.1 Å². The van der Waals surface area contributed by atoms with E-state index in [4.69, 9.17) is 0 Å². The van der Waals surface area contributed by atoms with Crippen LogP contribution in [0.15, 0.2) is 48.5 Å². The first-order chi connectivity index (χ1) is 12.1. The first kappa shape index (κ1) is 17.1. The molecule has 0 bridgehead atoms. The average molecular weight is 340 g/mol. The number of anilines is 1. The highest BCUT2D eigenvalue weighted by Gasteiger charge is 2.21. The lowest BCUT2D eigenvalue weighted by atomic mass is 10.1. The van der Waals surface area contributed by atoms with E-state index in [1.165, 1.54) is 6.07 Å². The van der Waals surface area contributed by atoms with Crippen LogP contribution in [-0.2, 0) is 22.4 Å². The van der Waals surface area contributed by atoms with Crippen molar-refractivity contribution in [2.45, 2.75) is 25.7 Å². The summed E-state index contributed by atoms with van der Waals surface area (Å²) in [4.78, 5) is 25.5. The van der Waals surface area contributed by atoms with Crippen LogP contribution in [-0.4, -0.2) is 24.9 Å². The second-order valence-electron chi connectivity index (χ2n) is 6.18. The number of benzene rings is 2. The fraction of sp³-hybridized carbons (Fsp3) is 0.300. The minimum absolute atomic E-state index is 0.0960. The van der Waals surface area contributed by atoms with Crippen LogP contribution in [0.4, 0.5) is 10.1 Å². The molecular weight excluding hydrogens is 319 g/mol. The molecule has 0 radical (unpaired) electrons. The molecule has 0 saturated carbocycles. The normalized spacial score (nSPS) is 14.0. The molecule has 2 aromatic rings. The molecule has 1 aliphatic rings. The average Bonchev–Trinajstić information content (AvgIpc) is 3.03. The van der Waals surface area contributed by atoms with Crippen LogP contribution >= 0.6 is 0 Å². The Morgan fingerprint density at radius 1 is 1.12 bits per heavy atom. The molecule has 0 atom stereocenters. The van der Waals surface area contributed by atoms with Crippen LogP contribution in [0, 0.1) is 5.82 Å². The lowest BCUT2D eigenvalue weighted by Gasteiger charge is -2.15. The maximum absolute atomic E-state index is 13.5. The monoisotopic (exact) mass is 340 g/mol. The van der Waals surface area contributed by atoms with Crippen molar-refractivity contribution < 1.29 is 14.0 Å². The molecule has 0 spiro atoms. The van der Waals surface area contributed by atoms with Gasteiger partial charge in [-0.15, -0.1) is 0 Å². The third kappa shape index (κ3) is 4.44. The second-order valence-corrected chi connectivity index (χ2v) is 6.18. The van der Waals surface area contributed by atoms with Crippen molar-refractivity contribution in [2.24, 2.45) is 0 Å². The summed E-state index contributed by atoms with van der Waals surface area (Å²) in [5.74, 6) is -0.191. The number of rotatable bonds is 6. The van der Waals surface area contributed by atoms with Crippen molar-refractivity contribution in [2.75, 3.05) is 18.0 Å². The number of hydrogen-bond acceptors (Lipinski definition) is 2. The number of hydrogen-bond donors (Lipinski definition) is 1. The van der Waals surface area contributed by atoms with Crippen LogP contribution < -0.4 is 10.2 Å². The quantitative estimate of drug-likeness (QED) is 0.879. The maximum atomic E-state index is 13.5. The van der Waals surface area contributed by atoms with E-state index in [0.29, 0.717) is 24.9 Å². The summed E-state index contributed by atoms with van der Waals surface area (Å²) in [5, 5.41) is 2.81. The Labute approximate surface area is 146 Å². The third-order valence-corrected chi connectivity index (χ3v) is 4.36. The first-order valence-corrected chi connectivity index (χ1v) is 8.53. The zero-order valence-corrected chi connectivity index (χ0v) is 14.0. The molecule has 0 aliphatic carbocycles. The number of nitrogens with one attached hydrogen (secondary N) is 1. The van der Waals surface area contributed by atoms with Crippen molar-refractivity contribution in [3.63, 3.8) is 0 Å². The molecule has 25 heavy (non-hydrogen) atoms. The van der Waals surface area contributed by atoms with Gasteiger partial charge in [0.1, 0.15) is 5.82 Å². The van der Waals surface area contributed by atoms with Gasteiger partial charge in [0.15, 0.2) is 0 Å². The van der Waals surface area contributed by atoms with Gasteiger partial charge in [-0.25, -0.2) is 4.39 Å². The van der Waals surface area contributed by atoms with E-state index in [2.05, 4.69) is 5.32 Å². The van der Waals surface area contributed by atoms with Gasteiger partial charge in [0, 0.05) is 25.2 Å². The zero-order chi connectivity index (χ0) is 17.6. The Hall–Kier alpha value is -2.69. The van der Waals surface area contributed by atoms with Crippen LogP contribution in [0.2, 0.25) is 0 Å². The van der Waals surface area contributed by atoms with Crippen molar-refractivity contribution in [3.05, 3.63) is 65.5 Å².